The van der Waals surface area contributed by atoms with Gasteiger partial charge in [0.2, 0.25) is 0 Å². The maximum Gasteiger partial charge on any atom is 0.0721 e. The maximum absolute atomic E-state index is 5.64. The van der Waals surface area contributed by atoms with Gasteiger partial charge in [-0.2, -0.15) is 0 Å². The molecular weight excluding hydrogens is 210 g/mol. The second-order valence-corrected chi connectivity index (χ2v) is 5.31. The average Bonchev–Trinajstić information content (AvgIpc) is 3.19. The molecule has 1 unspecified atom stereocenters. The van der Waals surface area contributed by atoms with Gasteiger partial charge in [0.1, 0.15) is 0 Å². The van der Waals surface area contributed by atoms with Crippen molar-refractivity contribution in [2.75, 3.05) is 13.2 Å². The van der Waals surface area contributed by atoms with Crippen LogP contribution in [0.1, 0.15) is 42.9 Å². The molecule has 1 saturated carbocycles. The van der Waals surface area contributed by atoms with Gasteiger partial charge in [0.25, 0.3) is 0 Å². The van der Waals surface area contributed by atoms with E-state index in [9.17, 15) is 0 Å². The predicted molar refractivity (Wildman–Crippen MR) is 68.8 cm³/mol. The Kier molecular flexibility index (Phi) is 3.44. The van der Waals surface area contributed by atoms with Crippen LogP contribution in [-0.4, -0.2) is 13.2 Å². The van der Waals surface area contributed by atoms with Crippen LogP contribution in [-0.2, 0) is 11.3 Å². The predicted octanol–water partition coefficient (Wildman–Crippen LogP) is 3.04. The number of hydrogen-bond acceptors (Lipinski definition) is 2. The molecule has 2 aliphatic rings. The number of nitrogens with one attached hydrogen (secondary N) is 1. The first kappa shape index (κ1) is 11.2. The van der Waals surface area contributed by atoms with Crippen LogP contribution in [0.4, 0.5) is 0 Å². The summed E-state index contributed by atoms with van der Waals surface area (Å²) in [5, 5.41) is 3.64. The van der Waals surface area contributed by atoms with Crippen LogP contribution in [0.15, 0.2) is 24.3 Å². The Bertz CT molecular complexity index is 373. The fourth-order valence-electron chi connectivity index (χ4n) is 2.62. The molecule has 92 valence electrons. The van der Waals surface area contributed by atoms with E-state index in [1.807, 2.05) is 0 Å². The quantitative estimate of drug-likeness (QED) is 0.786. The zero-order chi connectivity index (χ0) is 11.5. The molecule has 2 nitrogen and oxygen atoms in total. The Balaban J connectivity index is 1.52. The van der Waals surface area contributed by atoms with Gasteiger partial charge in [0.05, 0.1) is 19.3 Å². The molecule has 1 N–H and O–H groups in total. The SMILES string of the molecule is c1ccc2c(c1)COCC2NCCCC1CC1. The van der Waals surface area contributed by atoms with Crippen LogP contribution < -0.4 is 5.32 Å². The first-order valence-electron chi connectivity index (χ1n) is 6.82. The summed E-state index contributed by atoms with van der Waals surface area (Å²) in [6.07, 6.45) is 5.65. The number of rotatable bonds is 5. The minimum Gasteiger partial charge on any atom is -0.375 e. The van der Waals surface area contributed by atoms with Crippen molar-refractivity contribution in [1.82, 2.24) is 5.32 Å². The second-order valence-electron chi connectivity index (χ2n) is 5.31. The lowest BCUT2D eigenvalue weighted by molar-refractivity contribution is 0.0821. The third kappa shape index (κ3) is 2.88. The molecule has 0 amide bonds. The monoisotopic (exact) mass is 231 g/mol. The highest BCUT2D eigenvalue weighted by molar-refractivity contribution is 5.30. The largest absolute Gasteiger partial charge is 0.375 e. The number of benzene rings is 1. The second kappa shape index (κ2) is 5.19. The fourth-order valence-corrected chi connectivity index (χ4v) is 2.62. The van der Waals surface area contributed by atoms with Gasteiger partial charge in [-0.1, -0.05) is 37.1 Å². The summed E-state index contributed by atoms with van der Waals surface area (Å²) >= 11 is 0. The van der Waals surface area contributed by atoms with Crippen molar-refractivity contribution < 1.29 is 4.74 Å². The van der Waals surface area contributed by atoms with Crippen LogP contribution in [0.3, 0.4) is 0 Å². The molecule has 0 spiro atoms. The maximum atomic E-state index is 5.64. The van der Waals surface area contributed by atoms with E-state index in [0.29, 0.717) is 6.04 Å². The van der Waals surface area contributed by atoms with Crippen molar-refractivity contribution in [3.63, 3.8) is 0 Å². The third-order valence-corrected chi connectivity index (χ3v) is 3.85. The summed E-state index contributed by atoms with van der Waals surface area (Å²) < 4.78 is 5.64. The van der Waals surface area contributed by atoms with Crippen LogP contribution in [0.2, 0.25) is 0 Å². The van der Waals surface area contributed by atoms with Gasteiger partial charge in [-0.25, -0.2) is 0 Å². The van der Waals surface area contributed by atoms with Gasteiger partial charge >= 0.3 is 0 Å². The smallest absolute Gasteiger partial charge is 0.0721 e. The van der Waals surface area contributed by atoms with Gasteiger partial charge in [0, 0.05) is 0 Å². The standard InChI is InChI=1S/C15H21NO/c1-2-6-14-13(5-1)10-17-11-15(14)16-9-3-4-12-7-8-12/h1-2,5-6,12,15-16H,3-4,7-11H2. The van der Waals surface area contributed by atoms with Gasteiger partial charge in [-0.15, -0.1) is 0 Å². The van der Waals surface area contributed by atoms with E-state index in [4.69, 9.17) is 4.74 Å². The van der Waals surface area contributed by atoms with Gasteiger partial charge in [-0.3, -0.25) is 0 Å². The zero-order valence-electron chi connectivity index (χ0n) is 10.3. The third-order valence-electron chi connectivity index (χ3n) is 3.85. The van der Waals surface area contributed by atoms with Crippen molar-refractivity contribution >= 4 is 0 Å². The molecule has 0 radical (unpaired) electrons. The Morgan fingerprint density at radius 1 is 1.24 bits per heavy atom. The molecule has 1 aromatic carbocycles. The molecular formula is C15H21NO. The summed E-state index contributed by atoms with van der Waals surface area (Å²) in [5.74, 6) is 1.05. The number of fused-ring (bicyclic) bond motifs is 1. The van der Waals surface area contributed by atoms with Gasteiger partial charge in [0.15, 0.2) is 0 Å². The molecule has 2 heteroatoms. The van der Waals surface area contributed by atoms with E-state index in [-0.39, 0.29) is 0 Å². The number of ether oxygens (including phenoxy) is 1. The molecule has 1 aliphatic heterocycles. The van der Waals surface area contributed by atoms with E-state index >= 15 is 0 Å². The highest BCUT2D eigenvalue weighted by Crippen LogP contribution is 2.33. The van der Waals surface area contributed by atoms with Gasteiger partial charge in [-0.05, 0) is 36.4 Å². The highest BCUT2D eigenvalue weighted by atomic mass is 16.5. The minimum absolute atomic E-state index is 0.402. The number of hydrogen-bond donors (Lipinski definition) is 1. The molecule has 1 atom stereocenters. The van der Waals surface area contributed by atoms with E-state index in [0.717, 1.165) is 25.7 Å². The van der Waals surface area contributed by atoms with Crippen molar-refractivity contribution in [1.29, 1.82) is 0 Å². The van der Waals surface area contributed by atoms with Crippen molar-refractivity contribution in [3.05, 3.63) is 35.4 Å². The minimum atomic E-state index is 0.402. The molecule has 0 bridgehead atoms. The van der Waals surface area contributed by atoms with Crippen molar-refractivity contribution in [2.24, 2.45) is 5.92 Å². The molecule has 1 aliphatic carbocycles. The first-order valence-corrected chi connectivity index (χ1v) is 6.82. The Morgan fingerprint density at radius 3 is 3.00 bits per heavy atom. The lowest BCUT2D eigenvalue weighted by Crippen LogP contribution is -2.30. The van der Waals surface area contributed by atoms with Gasteiger partial charge < -0.3 is 10.1 Å². The van der Waals surface area contributed by atoms with E-state index in [2.05, 4.69) is 29.6 Å². The molecule has 17 heavy (non-hydrogen) atoms. The highest BCUT2D eigenvalue weighted by Gasteiger charge is 2.22. The van der Waals surface area contributed by atoms with Crippen molar-refractivity contribution in [2.45, 2.75) is 38.3 Å². The van der Waals surface area contributed by atoms with E-state index in [1.165, 1.54) is 36.8 Å². The van der Waals surface area contributed by atoms with Crippen LogP contribution in [0.25, 0.3) is 0 Å². The zero-order valence-corrected chi connectivity index (χ0v) is 10.3. The lowest BCUT2D eigenvalue weighted by Gasteiger charge is -2.26. The van der Waals surface area contributed by atoms with E-state index in [1.54, 1.807) is 0 Å². The molecule has 1 heterocycles. The molecule has 3 rings (SSSR count). The topological polar surface area (TPSA) is 21.3 Å². The summed E-state index contributed by atoms with van der Waals surface area (Å²) in [6, 6.07) is 9.03. The van der Waals surface area contributed by atoms with Crippen LogP contribution in [0, 0.1) is 5.92 Å². The van der Waals surface area contributed by atoms with Crippen molar-refractivity contribution in [3.8, 4) is 0 Å². The summed E-state index contributed by atoms with van der Waals surface area (Å²) in [4.78, 5) is 0. The molecule has 0 saturated heterocycles. The molecule has 1 aromatic rings. The first-order chi connectivity index (χ1) is 8.43. The molecule has 0 aromatic heterocycles. The van der Waals surface area contributed by atoms with Crippen LogP contribution in [0.5, 0.6) is 0 Å². The summed E-state index contributed by atoms with van der Waals surface area (Å²) in [7, 11) is 0. The Morgan fingerprint density at radius 2 is 2.12 bits per heavy atom. The fraction of sp³-hybridized carbons (Fsp3) is 0.600. The van der Waals surface area contributed by atoms with Crippen LogP contribution >= 0.6 is 0 Å². The lowest BCUT2D eigenvalue weighted by atomic mass is 9.99. The van der Waals surface area contributed by atoms with E-state index < -0.39 is 0 Å². The molecule has 1 fully saturated rings. The average molecular weight is 231 g/mol. The Labute approximate surface area is 103 Å². The Hall–Kier alpha value is -0.860. The summed E-state index contributed by atoms with van der Waals surface area (Å²) in [5.41, 5.74) is 2.78. The summed E-state index contributed by atoms with van der Waals surface area (Å²) in [6.45, 7) is 2.72. The normalized spacial score (nSPS) is 23.4.